The Kier molecular flexibility index (Phi) is 4.17. The van der Waals surface area contributed by atoms with E-state index in [1.54, 1.807) is 0 Å². The van der Waals surface area contributed by atoms with E-state index in [1.807, 2.05) is 12.3 Å². The number of ether oxygens (including phenoxy) is 1. The Bertz CT molecular complexity index is 304. The van der Waals surface area contributed by atoms with Crippen molar-refractivity contribution < 1.29 is 4.74 Å². The lowest BCUT2D eigenvalue weighted by Crippen LogP contribution is -2.11. The third-order valence-electron chi connectivity index (χ3n) is 3.06. The van der Waals surface area contributed by atoms with Crippen molar-refractivity contribution in [3.63, 3.8) is 0 Å². The maximum atomic E-state index is 5.80. The van der Waals surface area contributed by atoms with Crippen LogP contribution in [0.2, 0.25) is 0 Å². The van der Waals surface area contributed by atoms with Gasteiger partial charge in [-0.15, -0.1) is 0 Å². The average Bonchev–Trinajstić information content (AvgIpc) is 2.81. The van der Waals surface area contributed by atoms with Gasteiger partial charge in [-0.2, -0.15) is 0 Å². The first-order chi connectivity index (χ1) is 7.88. The topological polar surface area (TPSA) is 48.1 Å². The van der Waals surface area contributed by atoms with Crippen molar-refractivity contribution >= 4 is 0 Å². The Morgan fingerprint density at radius 2 is 2.12 bits per heavy atom. The number of nitrogens with two attached hydrogens (primary N) is 1. The van der Waals surface area contributed by atoms with Gasteiger partial charge in [0.25, 0.3) is 0 Å². The maximum Gasteiger partial charge on any atom is 0.213 e. The Morgan fingerprint density at radius 3 is 2.75 bits per heavy atom. The van der Waals surface area contributed by atoms with Gasteiger partial charge in [0, 0.05) is 12.3 Å². The van der Waals surface area contributed by atoms with Gasteiger partial charge in [-0.25, -0.2) is 4.98 Å². The van der Waals surface area contributed by atoms with E-state index in [1.165, 1.54) is 31.2 Å². The molecule has 3 nitrogen and oxygen atoms in total. The molecule has 0 spiro atoms. The molecule has 2 N–H and O–H groups in total. The molecule has 1 fully saturated rings. The normalized spacial score (nSPS) is 16.6. The predicted octanol–water partition coefficient (Wildman–Crippen LogP) is 2.29. The summed E-state index contributed by atoms with van der Waals surface area (Å²) in [6.07, 6.45) is 9.26. The van der Waals surface area contributed by atoms with Crippen LogP contribution in [0.4, 0.5) is 0 Å². The maximum absolute atomic E-state index is 5.80. The molecule has 0 atom stereocenters. The van der Waals surface area contributed by atoms with E-state index < -0.39 is 0 Å². The molecular formula is C13H20N2O. The Hall–Kier alpha value is -1.09. The van der Waals surface area contributed by atoms with Crippen LogP contribution < -0.4 is 10.5 Å². The second kappa shape index (κ2) is 5.85. The van der Waals surface area contributed by atoms with Gasteiger partial charge in [0.1, 0.15) is 6.10 Å². The van der Waals surface area contributed by atoms with Crippen molar-refractivity contribution in [1.29, 1.82) is 0 Å². The average molecular weight is 220 g/mol. The molecule has 1 aromatic rings. The first-order valence-corrected chi connectivity index (χ1v) is 6.20. The van der Waals surface area contributed by atoms with Crippen LogP contribution >= 0.6 is 0 Å². The van der Waals surface area contributed by atoms with Crippen molar-refractivity contribution in [3.05, 3.63) is 23.9 Å². The van der Waals surface area contributed by atoms with E-state index in [-0.39, 0.29) is 0 Å². The number of hydrogen-bond acceptors (Lipinski definition) is 3. The van der Waals surface area contributed by atoms with Crippen LogP contribution in [0, 0.1) is 0 Å². The van der Waals surface area contributed by atoms with Crippen LogP contribution in [0.5, 0.6) is 5.88 Å². The zero-order valence-electron chi connectivity index (χ0n) is 9.69. The lowest BCUT2D eigenvalue weighted by molar-refractivity contribution is 0.201. The van der Waals surface area contributed by atoms with Gasteiger partial charge in [0.15, 0.2) is 0 Å². The smallest absolute Gasteiger partial charge is 0.213 e. The monoisotopic (exact) mass is 220 g/mol. The first-order valence-electron chi connectivity index (χ1n) is 6.20. The van der Waals surface area contributed by atoms with E-state index in [4.69, 9.17) is 10.5 Å². The van der Waals surface area contributed by atoms with E-state index in [0.717, 1.165) is 25.3 Å². The minimum atomic E-state index is 0.391. The molecule has 0 aliphatic heterocycles. The molecule has 0 saturated heterocycles. The predicted molar refractivity (Wildman–Crippen MR) is 64.5 cm³/mol. The highest BCUT2D eigenvalue weighted by Crippen LogP contribution is 2.22. The molecular weight excluding hydrogens is 200 g/mol. The summed E-state index contributed by atoms with van der Waals surface area (Å²) in [7, 11) is 0. The van der Waals surface area contributed by atoms with Gasteiger partial charge < -0.3 is 10.5 Å². The van der Waals surface area contributed by atoms with Gasteiger partial charge in [-0.3, -0.25) is 0 Å². The Balaban J connectivity index is 1.86. The van der Waals surface area contributed by atoms with E-state index in [2.05, 4.69) is 11.1 Å². The van der Waals surface area contributed by atoms with Crippen molar-refractivity contribution in [1.82, 2.24) is 4.98 Å². The van der Waals surface area contributed by atoms with Crippen molar-refractivity contribution in [2.24, 2.45) is 5.73 Å². The molecule has 16 heavy (non-hydrogen) atoms. The Labute approximate surface area is 97.0 Å². The van der Waals surface area contributed by atoms with Crippen molar-refractivity contribution in [2.75, 3.05) is 6.54 Å². The van der Waals surface area contributed by atoms with Gasteiger partial charge in [-0.1, -0.05) is 6.07 Å². The molecule has 0 aromatic carbocycles. The summed E-state index contributed by atoms with van der Waals surface area (Å²) in [5.41, 5.74) is 6.71. The van der Waals surface area contributed by atoms with Gasteiger partial charge in [0.2, 0.25) is 5.88 Å². The summed E-state index contributed by atoms with van der Waals surface area (Å²) in [5.74, 6) is 0.767. The first kappa shape index (κ1) is 11.4. The number of aromatic nitrogens is 1. The number of pyridine rings is 1. The van der Waals surface area contributed by atoms with Crippen LogP contribution in [0.25, 0.3) is 0 Å². The third kappa shape index (κ3) is 3.20. The largest absolute Gasteiger partial charge is 0.474 e. The van der Waals surface area contributed by atoms with Crippen molar-refractivity contribution in [2.45, 2.75) is 44.6 Å². The fourth-order valence-corrected chi connectivity index (χ4v) is 2.11. The Morgan fingerprint density at radius 1 is 1.31 bits per heavy atom. The fraction of sp³-hybridized carbons (Fsp3) is 0.615. The minimum absolute atomic E-state index is 0.391. The van der Waals surface area contributed by atoms with Gasteiger partial charge in [0.05, 0.1) is 0 Å². The molecule has 1 heterocycles. The van der Waals surface area contributed by atoms with Crippen LogP contribution in [-0.4, -0.2) is 17.6 Å². The highest BCUT2D eigenvalue weighted by molar-refractivity contribution is 5.18. The molecule has 1 aliphatic carbocycles. The van der Waals surface area contributed by atoms with Gasteiger partial charge in [-0.05, 0) is 50.6 Å². The second-order valence-electron chi connectivity index (χ2n) is 4.42. The van der Waals surface area contributed by atoms with Crippen LogP contribution in [0.1, 0.15) is 37.7 Å². The summed E-state index contributed by atoms with van der Waals surface area (Å²) in [5, 5.41) is 0. The number of rotatable bonds is 5. The molecule has 2 rings (SSSR count). The summed E-state index contributed by atoms with van der Waals surface area (Å²) < 4.78 is 5.80. The SMILES string of the molecule is NCCCc1ccc(OC2CCCC2)nc1. The molecule has 0 amide bonds. The minimum Gasteiger partial charge on any atom is -0.474 e. The van der Waals surface area contributed by atoms with E-state index in [9.17, 15) is 0 Å². The van der Waals surface area contributed by atoms with Crippen LogP contribution in [0.3, 0.4) is 0 Å². The lowest BCUT2D eigenvalue weighted by Gasteiger charge is -2.11. The quantitative estimate of drug-likeness (QED) is 0.828. The number of aryl methyl sites for hydroxylation is 1. The molecule has 3 heteroatoms. The number of hydrogen-bond donors (Lipinski definition) is 1. The van der Waals surface area contributed by atoms with Crippen LogP contribution in [0.15, 0.2) is 18.3 Å². The molecule has 1 aromatic heterocycles. The lowest BCUT2D eigenvalue weighted by atomic mass is 10.1. The molecule has 0 radical (unpaired) electrons. The third-order valence-corrected chi connectivity index (χ3v) is 3.06. The fourth-order valence-electron chi connectivity index (χ4n) is 2.11. The zero-order valence-corrected chi connectivity index (χ0v) is 9.69. The van der Waals surface area contributed by atoms with Crippen LogP contribution in [-0.2, 0) is 6.42 Å². The van der Waals surface area contributed by atoms with E-state index in [0.29, 0.717) is 6.10 Å². The summed E-state index contributed by atoms with van der Waals surface area (Å²) in [6.45, 7) is 0.736. The molecule has 1 aliphatic rings. The standard InChI is InChI=1S/C13H20N2O/c14-9-3-4-11-7-8-13(15-10-11)16-12-5-1-2-6-12/h7-8,10,12H,1-6,9,14H2. The summed E-state index contributed by atoms with van der Waals surface area (Å²) in [4.78, 5) is 4.33. The van der Waals surface area contributed by atoms with Gasteiger partial charge >= 0.3 is 0 Å². The second-order valence-corrected chi connectivity index (χ2v) is 4.42. The summed E-state index contributed by atoms with van der Waals surface area (Å²) in [6, 6.07) is 4.07. The summed E-state index contributed by atoms with van der Waals surface area (Å²) >= 11 is 0. The molecule has 0 bridgehead atoms. The highest BCUT2D eigenvalue weighted by atomic mass is 16.5. The molecule has 0 unspecified atom stereocenters. The number of nitrogens with zero attached hydrogens (tertiary/aromatic N) is 1. The molecule has 88 valence electrons. The zero-order chi connectivity index (χ0) is 11.2. The van der Waals surface area contributed by atoms with Crippen molar-refractivity contribution in [3.8, 4) is 5.88 Å². The molecule has 1 saturated carbocycles. The van der Waals surface area contributed by atoms with E-state index >= 15 is 0 Å². The highest BCUT2D eigenvalue weighted by Gasteiger charge is 2.16.